The Morgan fingerprint density at radius 2 is 1.69 bits per heavy atom. The Labute approximate surface area is 156 Å². The first-order chi connectivity index (χ1) is 12.6. The molecule has 0 saturated carbocycles. The first-order valence-electron chi connectivity index (χ1n) is 8.22. The summed E-state index contributed by atoms with van der Waals surface area (Å²) < 4.78 is 13.2. The standard InChI is InChI=1S/C21H18ClFN2O/c22-18-13-17(10-11-19(18)23)24-14-21(26)25-20-9-5-4-8-16(20)12-15-6-2-1-3-7-15/h1-11,13,24H,12,14H2,(H,25,26). The molecule has 3 rings (SSSR count). The van der Waals surface area contributed by atoms with Gasteiger partial charge in [0.2, 0.25) is 5.91 Å². The van der Waals surface area contributed by atoms with Crippen molar-refractivity contribution in [2.75, 3.05) is 17.2 Å². The van der Waals surface area contributed by atoms with Crippen LogP contribution >= 0.6 is 11.6 Å². The maximum Gasteiger partial charge on any atom is 0.243 e. The van der Waals surface area contributed by atoms with Crippen LogP contribution in [0.3, 0.4) is 0 Å². The summed E-state index contributed by atoms with van der Waals surface area (Å²) in [6, 6.07) is 22.0. The molecule has 26 heavy (non-hydrogen) atoms. The average Bonchev–Trinajstić information content (AvgIpc) is 2.65. The minimum atomic E-state index is -0.489. The Morgan fingerprint density at radius 1 is 0.962 bits per heavy atom. The number of nitrogens with one attached hydrogen (secondary N) is 2. The van der Waals surface area contributed by atoms with E-state index in [1.54, 1.807) is 0 Å². The molecule has 3 aromatic rings. The van der Waals surface area contributed by atoms with Crippen molar-refractivity contribution in [3.63, 3.8) is 0 Å². The number of anilines is 2. The van der Waals surface area contributed by atoms with E-state index in [-0.39, 0.29) is 17.5 Å². The molecule has 0 atom stereocenters. The third-order valence-corrected chi connectivity index (χ3v) is 4.19. The molecule has 0 aromatic heterocycles. The van der Waals surface area contributed by atoms with E-state index in [9.17, 15) is 9.18 Å². The van der Waals surface area contributed by atoms with Gasteiger partial charge in [0, 0.05) is 11.4 Å². The zero-order valence-corrected chi connectivity index (χ0v) is 14.8. The Morgan fingerprint density at radius 3 is 2.46 bits per heavy atom. The summed E-state index contributed by atoms with van der Waals surface area (Å²) in [6.07, 6.45) is 0.734. The van der Waals surface area contributed by atoms with Gasteiger partial charge in [0.05, 0.1) is 11.6 Å². The lowest BCUT2D eigenvalue weighted by Gasteiger charge is -2.12. The molecular weight excluding hydrogens is 351 g/mol. The minimum absolute atomic E-state index is 0.0172. The first-order valence-corrected chi connectivity index (χ1v) is 8.60. The van der Waals surface area contributed by atoms with Crippen LogP contribution in [0, 0.1) is 5.82 Å². The van der Waals surface area contributed by atoms with Crippen molar-refractivity contribution in [2.45, 2.75) is 6.42 Å². The highest BCUT2D eigenvalue weighted by Crippen LogP contribution is 2.20. The Hall–Kier alpha value is -2.85. The van der Waals surface area contributed by atoms with Crippen LogP contribution in [-0.2, 0) is 11.2 Å². The van der Waals surface area contributed by atoms with Crippen molar-refractivity contribution < 1.29 is 9.18 Å². The number of para-hydroxylation sites is 1. The van der Waals surface area contributed by atoms with Gasteiger partial charge in [0.15, 0.2) is 0 Å². The maximum atomic E-state index is 13.2. The summed E-state index contributed by atoms with van der Waals surface area (Å²) in [5.74, 6) is -0.678. The quantitative estimate of drug-likeness (QED) is 0.634. The molecule has 132 valence electrons. The molecule has 0 aliphatic rings. The van der Waals surface area contributed by atoms with Crippen LogP contribution in [0.15, 0.2) is 72.8 Å². The molecule has 3 aromatic carbocycles. The van der Waals surface area contributed by atoms with Gasteiger partial charge in [0.25, 0.3) is 0 Å². The van der Waals surface area contributed by atoms with Gasteiger partial charge in [-0.3, -0.25) is 4.79 Å². The summed E-state index contributed by atoms with van der Waals surface area (Å²) in [5, 5.41) is 5.87. The normalized spacial score (nSPS) is 10.4. The molecule has 3 nitrogen and oxygen atoms in total. The second-order valence-electron chi connectivity index (χ2n) is 5.85. The van der Waals surface area contributed by atoms with E-state index in [2.05, 4.69) is 22.8 Å². The molecule has 0 fully saturated rings. The Balaban J connectivity index is 1.63. The van der Waals surface area contributed by atoms with Crippen LogP contribution in [0.25, 0.3) is 0 Å². The van der Waals surface area contributed by atoms with Crippen LogP contribution in [0.4, 0.5) is 15.8 Å². The van der Waals surface area contributed by atoms with Crippen LogP contribution in [-0.4, -0.2) is 12.5 Å². The smallest absolute Gasteiger partial charge is 0.243 e. The van der Waals surface area contributed by atoms with Crippen molar-refractivity contribution in [3.05, 3.63) is 94.8 Å². The van der Waals surface area contributed by atoms with E-state index in [4.69, 9.17) is 11.6 Å². The first kappa shape index (κ1) is 18.0. The lowest BCUT2D eigenvalue weighted by atomic mass is 10.0. The number of carbonyl (C=O) groups is 1. The molecule has 0 radical (unpaired) electrons. The fraction of sp³-hybridized carbons (Fsp3) is 0.0952. The minimum Gasteiger partial charge on any atom is -0.376 e. The Kier molecular flexibility index (Phi) is 5.87. The maximum absolute atomic E-state index is 13.2. The molecule has 0 heterocycles. The molecule has 0 saturated heterocycles. The van der Waals surface area contributed by atoms with E-state index in [0.717, 1.165) is 17.7 Å². The molecule has 2 N–H and O–H groups in total. The number of hydrogen-bond acceptors (Lipinski definition) is 2. The van der Waals surface area contributed by atoms with Crippen molar-refractivity contribution in [2.24, 2.45) is 0 Å². The molecule has 0 aliphatic heterocycles. The van der Waals surface area contributed by atoms with Gasteiger partial charge in [-0.25, -0.2) is 4.39 Å². The number of benzene rings is 3. The van der Waals surface area contributed by atoms with Gasteiger partial charge in [-0.05, 0) is 41.8 Å². The summed E-state index contributed by atoms with van der Waals surface area (Å²) in [4.78, 5) is 12.3. The van der Waals surface area contributed by atoms with Gasteiger partial charge >= 0.3 is 0 Å². The fourth-order valence-electron chi connectivity index (χ4n) is 2.60. The van der Waals surface area contributed by atoms with Gasteiger partial charge in [-0.15, -0.1) is 0 Å². The van der Waals surface area contributed by atoms with Crippen molar-refractivity contribution >= 4 is 28.9 Å². The number of hydrogen-bond donors (Lipinski definition) is 2. The zero-order valence-electron chi connectivity index (χ0n) is 14.0. The van der Waals surface area contributed by atoms with E-state index >= 15 is 0 Å². The van der Waals surface area contributed by atoms with Gasteiger partial charge in [-0.1, -0.05) is 60.1 Å². The van der Waals surface area contributed by atoms with Gasteiger partial charge in [-0.2, -0.15) is 0 Å². The molecule has 0 spiro atoms. The lowest BCUT2D eigenvalue weighted by molar-refractivity contribution is -0.114. The summed E-state index contributed by atoms with van der Waals surface area (Å²) >= 11 is 5.74. The predicted molar refractivity (Wildman–Crippen MR) is 104 cm³/mol. The van der Waals surface area contributed by atoms with E-state index < -0.39 is 5.82 Å². The molecule has 0 unspecified atom stereocenters. The summed E-state index contributed by atoms with van der Waals surface area (Å²) in [5.41, 5.74) is 3.58. The highest BCUT2D eigenvalue weighted by Gasteiger charge is 2.08. The number of carbonyl (C=O) groups excluding carboxylic acids is 1. The lowest BCUT2D eigenvalue weighted by Crippen LogP contribution is -2.22. The molecule has 5 heteroatoms. The van der Waals surface area contributed by atoms with E-state index in [1.165, 1.54) is 23.8 Å². The largest absolute Gasteiger partial charge is 0.376 e. The summed E-state index contributed by atoms with van der Waals surface area (Å²) in [7, 11) is 0. The molecule has 1 amide bonds. The highest BCUT2D eigenvalue weighted by atomic mass is 35.5. The third-order valence-electron chi connectivity index (χ3n) is 3.90. The summed E-state index contributed by atoms with van der Waals surface area (Å²) in [6.45, 7) is 0.0572. The predicted octanol–water partition coefficient (Wildman–Crippen LogP) is 5.12. The molecular formula is C21H18ClFN2O. The number of rotatable bonds is 6. The number of halogens is 2. The Bertz CT molecular complexity index is 900. The van der Waals surface area contributed by atoms with Crippen LogP contribution in [0.2, 0.25) is 5.02 Å². The second kappa shape index (κ2) is 8.50. The SMILES string of the molecule is O=C(CNc1ccc(F)c(Cl)c1)Nc1ccccc1Cc1ccccc1. The van der Waals surface area contributed by atoms with Crippen molar-refractivity contribution in [1.82, 2.24) is 0 Å². The third kappa shape index (κ3) is 4.83. The zero-order chi connectivity index (χ0) is 18.4. The van der Waals surface area contributed by atoms with Crippen LogP contribution in [0.1, 0.15) is 11.1 Å². The number of amides is 1. The average molecular weight is 369 g/mol. The second-order valence-corrected chi connectivity index (χ2v) is 6.26. The van der Waals surface area contributed by atoms with Crippen molar-refractivity contribution in [1.29, 1.82) is 0 Å². The monoisotopic (exact) mass is 368 g/mol. The molecule has 0 bridgehead atoms. The highest BCUT2D eigenvalue weighted by molar-refractivity contribution is 6.31. The van der Waals surface area contributed by atoms with Crippen LogP contribution < -0.4 is 10.6 Å². The fourth-order valence-corrected chi connectivity index (χ4v) is 2.78. The van der Waals surface area contributed by atoms with Crippen LogP contribution in [0.5, 0.6) is 0 Å². The van der Waals surface area contributed by atoms with E-state index in [0.29, 0.717) is 5.69 Å². The van der Waals surface area contributed by atoms with Crippen molar-refractivity contribution in [3.8, 4) is 0 Å². The topological polar surface area (TPSA) is 41.1 Å². The van der Waals surface area contributed by atoms with Gasteiger partial charge < -0.3 is 10.6 Å². The van der Waals surface area contributed by atoms with Gasteiger partial charge in [0.1, 0.15) is 5.82 Å². The molecule has 0 aliphatic carbocycles. The van der Waals surface area contributed by atoms with E-state index in [1.807, 2.05) is 42.5 Å².